The van der Waals surface area contributed by atoms with Crippen molar-refractivity contribution < 1.29 is 0 Å². The first kappa shape index (κ1) is 23.3. The normalized spacial score (nSPS) is 13.4. The van der Waals surface area contributed by atoms with Gasteiger partial charge in [0, 0.05) is 32.4 Å². The molecule has 0 radical (unpaired) electrons. The van der Waals surface area contributed by atoms with Crippen LogP contribution in [-0.4, -0.2) is 9.97 Å². The first-order valence-corrected chi connectivity index (χ1v) is 11.1. The molecule has 148 valence electrons. The van der Waals surface area contributed by atoms with Crippen molar-refractivity contribution in [1.29, 1.82) is 0 Å². The number of hydrogen-bond donors (Lipinski definition) is 0. The van der Waals surface area contributed by atoms with Crippen LogP contribution in [0.3, 0.4) is 0 Å². The molecule has 0 aromatic carbocycles. The molecule has 0 unspecified atom stereocenters. The standard InChI is InChI=1S/2C11H19NS/c2*1-10(2,3)8-7-13-9(12-8)11(4,5)6/h2*7H,1-6H3. The Morgan fingerprint density at radius 1 is 0.500 bits per heavy atom. The zero-order valence-corrected chi connectivity index (χ0v) is 20.5. The van der Waals surface area contributed by atoms with Crippen molar-refractivity contribution in [3.63, 3.8) is 0 Å². The van der Waals surface area contributed by atoms with Gasteiger partial charge >= 0.3 is 0 Å². The van der Waals surface area contributed by atoms with Crippen molar-refractivity contribution in [2.24, 2.45) is 0 Å². The van der Waals surface area contributed by atoms with Crippen molar-refractivity contribution in [3.05, 3.63) is 32.2 Å². The molecule has 0 spiro atoms. The lowest BCUT2D eigenvalue weighted by molar-refractivity contribution is 0.546. The quantitative estimate of drug-likeness (QED) is 0.463. The second kappa shape index (κ2) is 7.71. The molecule has 0 N–H and O–H groups in total. The molecule has 0 aliphatic rings. The van der Waals surface area contributed by atoms with Crippen LogP contribution in [0.4, 0.5) is 0 Å². The highest BCUT2D eigenvalue weighted by atomic mass is 32.1. The second-order valence-corrected chi connectivity index (χ2v) is 12.8. The molecule has 0 aliphatic heterocycles. The number of aromatic nitrogens is 2. The summed E-state index contributed by atoms with van der Waals surface area (Å²) in [5.41, 5.74) is 3.16. The van der Waals surface area contributed by atoms with E-state index in [0.29, 0.717) is 0 Å². The van der Waals surface area contributed by atoms with Gasteiger partial charge in [0.1, 0.15) is 0 Å². The summed E-state index contributed by atoms with van der Waals surface area (Å²) in [7, 11) is 0. The molecule has 0 aliphatic carbocycles. The van der Waals surface area contributed by atoms with E-state index in [0.717, 1.165) is 0 Å². The van der Waals surface area contributed by atoms with E-state index in [4.69, 9.17) is 0 Å². The van der Waals surface area contributed by atoms with E-state index in [9.17, 15) is 0 Å². The molecular formula is C22H38N2S2. The Labute approximate surface area is 169 Å². The summed E-state index contributed by atoms with van der Waals surface area (Å²) in [6, 6.07) is 0. The lowest BCUT2D eigenvalue weighted by atomic mass is 9.92. The van der Waals surface area contributed by atoms with Crippen molar-refractivity contribution in [2.45, 2.75) is 105 Å². The molecule has 2 rings (SSSR count). The van der Waals surface area contributed by atoms with Gasteiger partial charge in [-0.2, -0.15) is 0 Å². The predicted octanol–water partition coefficient (Wildman–Crippen LogP) is 7.48. The van der Waals surface area contributed by atoms with Crippen LogP contribution < -0.4 is 0 Å². The number of nitrogens with zero attached hydrogens (tertiary/aromatic N) is 2. The largest absolute Gasteiger partial charge is 0.245 e. The Balaban J connectivity index is 0.000000260. The van der Waals surface area contributed by atoms with E-state index in [-0.39, 0.29) is 21.7 Å². The number of rotatable bonds is 0. The minimum absolute atomic E-state index is 0.181. The summed E-state index contributed by atoms with van der Waals surface area (Å²) < 4.78 is 0. The van der Waals surface area contributed by atoms with Gasteiger partial charge in [-0.15, -0.1) is 22.7 Å². The summed E-state index contributed by atoms with van der Waals surface area (Å²) in [6.45, 7) is 26.5. The maximum atomic E-state index is 4.67. The molecule has 2 aromatic rings. The van der Waals surface area contributed by atoms with E-state index >= 15 is 0 Å². The van der Waals surface area contributed by atoms with Gasteiger partial charge in [-0.3, -0.25) is 0 Å². The first-order valence-electron chi connectivity index (χ1n) is 9.35. The van der Waals surface area contributed by atoms with Crippen molar-refractivity contribution >= 4 is 22.7 Å². The predicted molar refractivity (Wildman–Crippen MR) is 119 cm³/mol. The maximum absolute atomic E-state index is 4.67. The van der Waals surface area contributed by atoms with Crippen LogP contribution in [0.15, 0.2) is 10.8 Å². The molecule has 0 atom stereocenters. The SMILES string of the molecule is CC(C)(C)c1csc(C(C)(C)C)n1.CC(C)(C)c1csc(C(C)(C)C)n1. The van der Waals surface area contributed by atoms with Crippen LogP contribution in [-0.2, 0) is 21.7 Å². The smallest absolute Gasteiger partial charge is 0.0982 e. The van der Waals surface area contributed by atoms with Crippen LogP contribution in [0.1, 0.15) is 104 Å². The Kier molecular flexibility index (Phi) is 6.91. The fraction of sp³-hybridized carbons (Fsp3) is 0.727. The zero-order valence-electron chi connectivity index (χ0n) is 18.9. The number of thiazole rings is 2. The third kappa shape index (κ3) is 6.77. The molecule has 2 aromatic heterocycles. The highest BCUT2D eigenvalue weighted by molar-refractivity contribution is 7.10. The van der Waals surface area contributed by atoms with Gasteiger partial charge in [-0.05, 0) is 0 Å². The van der Waals surface area contributed by atoms with Gasteiger partial charge in [0.2, 0.25) is 0 Å². The van der Waals surface area contributed by atoms with Crippen molar-refractivity contribution in [3.8, 4) is 0 Å². The van der Waals surface area contributed by atoms with Crippen LogP contribution in [0.5, 0.6) is 0 Å². The van der Waals surface area contributed by atoms with E-state index in [2.05, 4.69) is 104 Å². The third-order valence-corrected chi connectivity index (χ3v) is 6.36. The van der Waals surface area contributed by atoms with Crippen molar-refractivity contribution in [2.75, 3.05) is 0 Å². The van der Waals surface area contributed by atoms with E-state index in [1.54, 1.807) is 22.7 Å². The van der Waals surface area contributed by atoms with E-state index < -0.39 is 0 Å². The molecule has 0 fully saturated rings. The Morgan fingerprint density at radius 3 is 0.885 bits per heavy atom. The van der Waals surface area contributed by atoms with Crippen molar-refractivity contribution in [1.82, 2.24) is 9.97 Å². The average molecular weight is 395 g/mol. The van der Waals surface area contributed by atoms with Gasteiger partial charge < -0.3 is 0 Å². The van der Waals surface area contributed by atoms with Gasteiger partial charge in [0.05, 0.1) is 21.4 Å². The monoisotopic (exact) mass is 394 g/mol. The van der Waals surface area contributed by atoms with Gasteiger partial charge in [0.15, 0.2) is 0 Å². The summed E-state index contributed by atoms with van der Waals surface area (Å²) in [6.07, 6.45) is 0. The molecule has 0 saturated heterocycles. The Hall–Kier alpha value is -0.740. The minimum atomic E-state index is 0.181. The van der Waals surface area contributed by atoms with Crippen LogP contribution in [0.2, 0.25) is 0 Å². The third-order valence-electron chi connectivity index (χ3n) is 3.83. The molecule has 0 saturated carbocycles. The topological polar surface area (TPSA) is 25.8 Å². The molecule has 26 heavy (non-hydrogen) atoms. The van der Waals surface area contributed by atoms with Crippen LogP contribution in [0.25, 0.3) is 0 Å². The molecule has 4 heteroatoms. The first-order chi connectivity index (χ1) is 11.4. The fourth-order valence-corrected chi connectivity index (χ4v) is 4.19. The number of hydrogen-bond acceptors (Lipinski definition) is 4. The van der Waals surface area contributed by atoms with Gasteiger partial charge in [-0.25, -0.2) is 9.97 Å². The van der Waals surface area contributed by atoms with E-state index in [1.807, 2.05) is 0 Å². The minimum Gasteiger partial charge on any atom is -0.245 e. The molecular weight excluding hydrogens is 356 g/mol. The highest BCUT2D eigenvalue weighted by Gasteiger charge is 2.23. The Morgan fingerprint density at radius 2 is 0.769 bits per heavy atom. The second-order valence-electron chi connectivity index (χ2n) is 11.1. The fourth-order valence-electron chi connectivity index (χ4n) is 1.93. The lowest BCUT2D eigenvalue weighted by Gasteiger charge is -2.17. The summed E-state index contributed by atoms with van der Waals surface area (Å²) >= 11 is 3.54. The molecule has 0 amide bonds. The van der Waals surface area contributed by atoms with Crippen LogP contribution >= 0.6 is 22.7 Å². The van der Waals surface area contributed by atoms with Gasteiger partial charge in [0.25, 0.3) is 0 Å². The maximum Gasteiger partial charge on any atom is 0.0982 e. The van der Waals surface area contributed by atoms with Gasteiger partial charge in [-0.1, -0.05) is 83.1 Å². The summed E-state index contributed by atoms with van der Waals surface area (Å²) in [4.78, 5) is 9.34. The lowest BCUT2D eigenvalue weighted by Crippen LogP contribution is -2.15. The molecule has 2 nitrogen and oxygen atoms in total. The Bertz CT molecular complexity index is 577. The molecule has 2 heterocycles. The highest BCUT2D eigenvalue weighted by Crippen LogP contribution is 2.31. The summed E-state index contributed by atoms with van der Waals surface area (Å²) in [5, 5.41) is 6.83. The van der Waals surface area contributed by atoms with E-state index in [1.165, 1.54) is 21.4 Å². The zero-order chi connectivity index (χ0) is 20.6. The van der Waals surface area contributed by atoms with Crippen LogP contribution in [0, 0.1) is 0 Å². The average Bonchev–Trinajstić information content (AvgIpc) is 3.06. The molecule has 0 bridgehead atoms. The summed E-state index contributed by atoms with van der Waals surface area (Å²) in [5.74, 6) is 0.